The summed E-state index contributed by atoms with van der Waals surface area (Å²) >= 11 is 0. The number of ketones is 1. The van der Waals surface area contributed by atoms with E-state index < -0.39 is 0 Å². The summed E-state index contributed by atoms with van der Waals surface area (Å²) in [5.74, 6) is 0.645. The molecule has 0 aromatic rings. The SMILES string of the molecule is C=C1CCCCC1C(=O)CCCC. The molecule has 1 aliphatic rings. The van der Waals surface area contributed by atoms with E-state index in [2.05, 4.69) is 13.5 Å². The van der Waals surface area contributed by atoms with Crippen molar-refractivity contribution in [2.45, 2.75) is 51.9 Å². The topological polar surface area (TPSA) is 17.1 Å². The van der Waals surface area contributed by atoms with Crippen LogP contribution in [0.4, 0.5) is 0 Å². The van der Waals surface area contributed by atoms with Gasteiger partial charge in [-0.3, -0.25) is 4.79 Å². The summed E-state index contributed by atoms with van der Waals surface area (Å²) in [6.07, 6.45) is 7.50. The molecule has 0 aromatic heterocycles. The summed E-state index contributed by atoms with van der Waals surface area (Å²) in [5, 5.41) is 0. The van der Waals surface area contributed by atoms with Gasteiger partial charge >= 0.3 is 0 Å². The van der Waals surface area contributed by atoms with Crippen LogP contribution in [0.25, 0.3) is 0 Å². The van der Waals surface area contributed by atoms with Gasteiger partial charge in [-0.25, -0.2) is 0 Å². The minimum Gasteiger partial charge on any atom is -0.299 e. The number of rotatable bonds is 4. The van der Waals surface area contributed by atoms with E-state index in [1.165, 1.54) is 18.4 Å². The molecule has 1 atom stereocenters. The molecule has 1 fully saturated rings. The van der Waals surface area contributed by atoms with E-state index in [-0.39, 0.29) is 5.92 Å². The minimum atomic E-state index is 0.209. The van der Waals surface area contributed by atoms with Gasteiger partial charge in [0, 0.05) is 12.3 Å². The van der Waals surface area contributed by atoms with Gasteiger partial charge in [-0.1, -0.05) is 31.9 Å². The highest BCUT2D eigenvalue weighted by atomic mass is 16.1. The van der Waals surface area contributed by atoms with Crippen molar-refractivity contribution in [3.8, 4) is 0 Å². The van der Waals surface area contributed by atoms with Crippen LogP contribution in [0, 0.1) is 5.92 Å². The maximum atomic E-state index is 11.7. The van der Waals surface area contributed by atoms with Gasteiger partial charge in [0.2, 0.25) is 0 Å². The summed E-state index contributed by atoms with van der Waals surface area (Å²) < 4.78 is 0. The molecule has 0 amide bonds. The molecule has 0 radical (unpaired) electrons. The molecule has 0 saturated heterocycles. The number of carbonyl (C=O) groups excluding carboxylic acids is 1. The highest BCUT2D eigenvalue weighted by Crippen LogP contribution is 2.29. The lowest BCUT2D eigenvalue weighted by molar-refractivity contribution is -0.122. The molecule has 13 heavy (non-hydrogen) atoms. The van der Waals surface area contributed by atoms with Gasteiger partial charge in [0.1, 0.15) is 5.78 Å². The quantitative estimate of drug-likeness (QED) is 0.605. The van der Waals surface area contributed by atoms with E-state index in [1.807, 2.05) is 0 Å². The first-order chi connectivity index (χ1) is 6.25. The van der Waals surface area contributed by atoms with Crippen molar-refractivity contribution in [1.29, 1.82) is 0 Å². The maximum Gasteiger partial charge on any atom is 0.139 e. The second-order valence-corrected chi connectivity index (χ2v) is 4.03. The Kier molecular flexibility index (Phi) is 4.20. The number of unbranched alkanes of at least 4 members (excludes halogenated alkanes) is 1. The fourth-order valence-electron chi connectivity index (χ4n) is 1.99. The average Bonchev–Trinajstić information content (AvgIpc) is 2.15. The molecule has 0 N–H and O–H groups in total. The van der Waals surface area contributed by atoms with Crippen molar-refractivity contribution in [3.05, 3.63) is 12.2 Å². The zero-order chi connectivity index (χ0) is 9.68. The highest BCUT2D eigenvalue weighted by molar-refractivity contribution is 5.83. The van der Waals surface area contributed by atoms with Crippen molar-refractivity contribution in [2.75, 3.05) is 0 Å². The maximum absolute atomic E-state index is 11.7. The van der Waals surface area contributed by atoms with Gasteiger partial charge in [0.15, 0.2) is 0 Å². The molecule has 74 valence electrons. The van der Waals surface area contributed by atoms with E-state index >= 15 is 0 Å². The Balaban J connectivity index is 2.39. The Labute approximate surface area is 81.2 Å². The molecule has 0 heterocycles. The van der Waals surface area contributed by atoms with Crippen LogP contribution in [-0.4, -0.2) is 5.78 Å². The predicted octanol–water partition coefficient (Wildman–Crippen LogP) is 3.49. The van der Waals surface area contributed by atoms with E-state index in [0.29, 0.717) is 5.78 Å². The van der Waals surface area contributed by atoms with Crippen LogP contribution in [0.2, 0.25) is 0 Å². The Morgan fingerprint density at radius 1 is 1.54 bits per heavy atom. The predicted molar refractivity (Wildman–Crippen MR) is 55.6 cm³/mol. The van der Waals surface area contributed by atoms with Crippen molar-refractivity contribution in [2.24, 2.45) is 5.92 Å². The molecule has 1 heteroatoms. The highest BCUT2D eigenvalue weighted by Gasteiger charge is 2.23. The number of allylic oxidation sites excluding steroid dienone is 1. The van der Waals surface area contributed by atoms with E-state index in [9.17, 15) is 4.79 Å². The third-order valence-electron chi connectivity index (χ3n) is 2.90. The van der Waals surface area contributed by atoms with Crippen molar-refractivity contribution < 1.29 is 4.79 Å². The van der Waals surface area contributed by atoms with E-state index in [4.69, 9.17) is 0 Å². The lowest BCUT2D eigenvalue weighted by Crippen LogP contribution is -2.19. The van der Waals surface area contributed by atoms with Crippen LogP contribution in [0.15, 0.2) is 12.2 Å². The molecule has 1 aliphatic carbocycles. The number of hydrogen-bond donors (Lipinski definition) is 0. The van der Waals surface area contributed by atoms with Crippen molar-refractivity contribution in [3.63, 3.8) is 0 Å². The molecule has 0 spiro atoms. The molecule has 1 unspecified atom stereocenters. The Bertz CT molecular complexity index is 193. The largest absolute Gasteiger partial charge is 0.299 e. The summed E-state index contributed by atoms with van der Waals surface area (Å²) in [5.41, 5.74) is 1.19. The smallest absolute Gasteiger partial charge is 0.139 e. The van der Waals surface area contributed by atoms with E-state index in [1.54, 1.807) is 0 Å². The summed E-state index contributed by atoms with van der Waals surface area (Å²) in [4.78, 5) is 11.7. The Hall–Kier alpha value is -0.590. The normalized spacial score (nSPS) is 23.2. The first-order valence-electron chi connectivity index (χ1n) is 5.46. The summed E-state index contributed by atoms with van der Waals surface area (Å²) in [7, 11) is 0. The third kappa shape index (κ3) is 2.98. The molecule has 1 nitrogen and oxygen atoms in total. The lowest BCUT2D eigenvalue weighted by atomic mass is 9.81. The Morgan fingerprint density at radius 3 is 2.92 bits per heavy atom. The van der Waals surface area contributed by atoms with Crippen molar-refractivity contribution >= 4 is 5.78 Å². The van der Waals surface area contributed by atoms with Gasteiger partial charge < -0.3 is 0 Å². The summed E-state index contributed by atoms with van der Waals surface area (Å²) in [6, 6.07) is 0. The second kappa shape index (κ2) is 5.21. The number of hydrogen-bond acceptors (Lipinski definition) is 1. The zero-order valence-corrected chi connectivity index (χ0v) is 8.64. The van der Waals surface area contributed by atoms with Gasteiger partial charge in [-0.2, -0.15) is 0 Å². The minimum absolute atomic E-state index is 0.209. The standard InChI is InChI=1S/C12H20O/c1-3-4-9-12(13)11-8-6-5-7-10(11)2/h11H,2-9H2,1H3. The van der Waals surface area contributed by atoms with E-state index in [0.717, 1.165) is 32.1 Å². The van der Waals surface area contributed by atoms with Crippen LogP contribution < -0.4 is 0 Å². The molecule has 0 aromatic carbocycles. The van der Waals surface area contributed by atoms with Crippen LogP contribution >= 0.6 is 0 Å². The van der Waals surface area contributed by atoms with Gasteiger partial charge in [0.05, 0.1) is 0 Å². The average molecular weight is 180 g/mol. The lowest BCUT2D eigenvalue weighted by Gasteiger charge is -2.23. The Morgan fingerprint density at radius 2 is 2.31 bits per heavy atom. The summed E-state index contributed by atoms with van der Waals surface area (Å²) in [6.45, 7) is 6.13. The molecular weight excluding hydrogens is 160 g/mol. The van der Waals surface area contributed by atoms with Gasteiger partial charge in [0.25, 0.3) is 0 Å². The zero-order valence-electron chi connectivity index (χ0n) is 8.64. The second-order valence-electron chi connectivity index (χ2n) is 4.03. The molecule has 0 aliphatic heterocycles. The first-order valence-corrected chi connectivity index (χ1v) is 5.46. The molecule has 0 bridgehead atoms. The molecule has 1 saturated carbocycles. The fraction of sp³-hybridized carbons (Fsp3) is 0.750. The van der Waals surface area contributed by atoms with Crippen LogP contribution in [-0.2, 0) is 4.79 Å². The van der Waals surface area contributed by atoms with Crippen LogP contribution in [0.3, 0.4) is 0 Å². The van der Waals surface area contributed by atoms with Gasteiger partial charge in [-0.05, 0) is 25.7 Å². The fourth-order valence-corrected chi connectivity index (χ4v) is 1.99. The number of Topliss-reactive ketones (excluding diaryl/α,β-unsaturated/α-hetero) is 1. The van der Waals surface area contributed by atoms with Crippen LogP contribution in [0.5, 0.6) is 0 Å². The third-order valence-corrected chi connectivity index (χ3v) is 2.90. The van der Waals surface area contributed by atoms with Crippen LogP contribution in [0.1, 0.15) is 51.9 Å². The first kappa shape index (κ1) is 10.5. The van der Waals surface area contributed by atoms with Crippen molar-refractivity contribution in [1.82, 2.24) is 0 Å². The number of carbonyl (C=O) groups is 1. The molecular formula is C12H20O. The monoisotopic (exact) mass is 180 g/mol. The van der Waals surface area contributed by atoms with Gasteiger partial charge in [-0.15, -0.1) is 0 Å². The molecule has 1 rings (SSSR count).